The Morgan fingerprint density at radius 2 is 2.15 bits per heavy atom. The largest absolute Gasteiger partial charge is 0.384 e. The molecule has 1 aromatic carbocycles. The summed E-state index contributed by atoms with van der Waals surface area (Å²) in [4.78, 5) is 0. The van der Waals surface area contributed by atoms with Gasteiger partial charge < -0.3 is 10.8 Å². The van der Waals surface area contributed by atoms with Gasteiger partial charge in [0.2, 0.25) is 0 Å². The van der Waals surface area contributed by atoms with Crippen LogP contribution in [0.5, 0.6) is 0 Å². The summed E-state index contributed by atoms with van der Waals surface area (Å²) in [5.41, 5.74) is 5.29. The Morgan fingerprint density at radius 1 is 1.54 bits per heavy atom. The Kier molecular flexibility index (Phi) is 2.68. The lowest BCUT2D eigenvalue weighted by Crippen LogP contribution is -2.31. The van der Waals surface area contributed by atoms with Crippen molar-refractivity contribution in [1.29, 1.82) is 0 Å². The molecule has 3 heteroatoms. The first kappa shape index (κ1) is 10.2. The van der Waals surface area contributed by atoms with Crippen molar-refractivity contribution in [1.82, 2.24) is 0 Å². The van der Waals surface area contributed by atoms with E-state index in [-0.39, 0.29) is 12.4 Å². The molecule has 0 radical (unpaired) electrons. The van der Waals surface area contributed by atoms with E-state index in [1.165, 1.54) is 6.07 Å². The minimum atomic E-state index is -1.14. The molecule has 0 aromatic heterocycles. The van der Waals surface area contributed by atoms with E-state index in [9.17, 15) is 9.50 Å². The number of rotatable bonds is 2. The third kappa shape index (κ3) is 2.05. The average Bonchev–Trinajstić information content (AvgIpc) is 2.09. The van der Waals surface area contributed by atoms with Crippen molar-refractivity contribution in [2.45, 2.75) is 19.4 Å². The Morgan fingerprint density at radius 3 is 2.62 bits per heavy atom. The lowest BCUT2D eigenvalue weighted by atomic mass is 9.95. The lowest BCUT2D eigenvalue weighted by Gasteiger charge is -2.21. The van der Waals surface area contributed by atoms with Crippen LogP contribution in [-0.4, -0.2) is 11.7 Å². The van der Waals surface area contributed by atoms with E-state index in [1.54, 1.807) is 26.0 Å². The number of nitrogens with two attached hydrogens (primary N) is 1. The second-order valence-electron chi connectivity index (χ2n) is 3.44. The van der Waals surface area contributed by atoms with Crippen molar-refractivity contribution >= 4 is 0 Å². The molecule has 3 N–H and O–H groups in total. The van der Waals surface area contributed by atoms with E-state index in [0.717, 1.165) is 0 Å². The monoisotopic (exact) mass is 183 g/mol. The number of aliphatic hydroxyl groups is 1. The molecule has 1 rings (SSSR count). The lowest BCUT2D eigenvalue weighted by molar-refractivity contribution is 0.0665. The fourth-order valence-electron chi connectivity index (χ4n) is 1.05. The first-order chi connectivity index (χ1) is 5.97. The third-order valence-corrected chi connectivity index (χ3v) is 2.19. The number of hydrogen-bond acceptors (Lipinski definition) is 2. The Balaban J connectivity index is 3.10. The molecule has 0 fully saturated rings. The molecule has 0 bridgehead atoms. The molecule has 0 aliphatic rings. The van der Waals surface area contributed by atoms with Gasteiger partial charge in [-0.1, -0.05) is 12.1 Å². The summed E-state index contributed by atoms with van der Waals surface area (Å²) in [7, 11) is 0. The molecule has 0 saturated carbocycles. The summed E-state index contributed by atoms with van der Waals surface area (Å²) in [5, 5.41) is 9.72. The maximum atomic E-state index is 13.1. The summed E-state index contributed by atoms with van der Waals surface area (Å²) in [6.45, 7) is 3.32. The van der Waals surface area contributed by atoms with Crippen molar-refractivity contribution < 1.29 is 9.50 Å². The molecule has 0 aliphatic heterocycles. The molecular formula is C10H14FNO. The van der Waals surface area contributed by atoms with Crippen molar-refractivity contribution in [3.8, 4) is 0 Å². The van der Waals surface area contributed by atoms with Gasteiger partial charge in [-0.2, -0.15) is 0 Å². The van der Waals surface area contributed by atoms with Crippen molar-refractivity contribution in [2.75, 3.05) is 6.54 Å². The quantitative estimate of drug-likeness (QED) is 0.726. The van der Waals surface area contributed by atoms with Gasteiger partial charge >= 0.3 is 0 Å². The van der Waals surface area contributed by atoms with Crippen LogP contribution in [0.4, 0.5) is 4.39 Å². The van der Waals surface area contributed by atoms with Crippen LogP contribution >= 0.6 is 0 Å². The molecule has 2 nitrogen and oxygen atoms in total. The molecule has 1 aromatic rings. The summed E-state index contributed by atoms with van der Waals surface area (Å²) < 4.78 is 13.1. The van der Waals surface area contributed by atoms with Crippen molar-refractivity contribution in [3.05, 3.63) is 35.1 Å². The number of benzene rings is 1. The van der Waals surface area contributed by atoms with Crippen molar-refractivity contribution in [2.24, 2.45) is 5.73 Å². The number of halogens is 1. The van der Waals surface area contributed by atoms with Crippen LogP contribution in [0.15, 0.2) is 18.2 Å². The second kappa shape index (κ2) is 3.44. The minimum absolute atomic E-state index is 0.0789. The molecule has 1 atom stereocenters. The molecule has 0 spiro atoms. The number of hydrogen-bond donors (Lipinski definition) is 2. The molecular weight excluding hydrogens is 169 g/mol. The smallest absolute Gasteiger partial charge is 0.126 e. The van der Waals surface area contributed by atoms with Gasteiger partial charge in [0, 0.05) is 6.54 Å². The van der Waals surface area contributed by atoms with Crippen LogP contribution in [-0.2, 0) is 5.60 Å². The average molecular weight is 183 g/mol. The minimum Gasteiger partial charge on any atom is -0.384 e. The second-order valence-corrected chi connectivity index (χ2v) is 3.44. The fraction of sp³-hybridized carbons (Fsp3) is 0.400. The fourth-order valence-corrected chi connectivity index (χ4v) is 1.05. The van der Waals surface area contributed by atoms with Crippen LogP contribution in [0.1, 0.15) is 18.1 Å². The van der Waals surface area contributed by atoms with Gasteiger partial charge in [-0.05, 0) is 31.0 Å². The third-order valence-electron chi connectivity index (χ3n) is 2.19. The molecule has 13 heavy (non-hydrogen) atoms. The topological polar surface area (TPSA) is 46.2 Å². The molecule has 0 heterocycles. The first-order valence-corrected chi connectivity index (χ1v) is 4.16. The summed E-state index contributed by atoms with van der Waals surface area (Å²) >= 11 is 0. The highest BCUT2D eigenvalue weighted by molar-refractivity contribution is 5.27. The molecule has 0 aliphatic carbocycles. The Bertz CT molecular complexity index is 310. The van der Waals surface area contributed by atoms with Crippen LogP contribution < -0.4 is 5.73 Å². The maximum absolute atomic E-state index is 13.1. The van der Waals surface area contributed by atoms with E-state index >= 15 is 0 Å². The van der Waals surface area contributed by atoms with Gasteiger partial charge in [-0.3, -0.25) is 0 Å². The van der Waals surface area contributed by atoms with Crippen LogP contribution in [0.25, 0.3) is 0 Å². The van der Waals surface area contributed by atoms with E-state index in [4.69, 9.17) is 5.73 Å². The van der Waals surface area contributed by atoms with E-state index in [2.05, 4.69) is 0 Å². The van der Waals surface area contributed by atoms with E-state index < -0.39 is 5.60 Å². The van der Waals surface area contributed by atoms with Crippen LogP contribution in [0, 0.1) is 12.7 Å². The van der Waals surface area contributed by atoms with Gasteiger partial charge in [0.15, 0.2) is 0 Å². The van der Waals surface area contributed by atoms with Crippen LogP contribution in [0.3, 0.4) is 0 Å². The first-order valence-electron chi connectivity index (χ1n) is 4.16. The van der Waals surface area contributed by atoms with Gasteiger partial charge in [-0.25, -0.2) is 4.39 Å². The standard InChI is InChI=1S/C10H14FNO/c1-7-3-4-8(5-9(7)11)10(2,13)6-12/h3-5,13H,6,12H2,1-2H3. The van der Waals surface area contributed by atoms with Gasteiger partial charge in [0.25, 0.3) is 0 Å². The van der Waals surface area contributed by atoms with Gasteiger partial charge in [0.05, 0.1) is 5.60 Å². The summed E-state index contributed by atoms with van der Waals surface area (Å²) in [6.07, 6.45) is 0. The van der Waals surface area contributed by atoms with Crippen LogP contribution in [0.2, 0.25) is 0 Å². The zero-order valence-corrected chi connectivity index (χ0v) is 7.84. The normalized spacial score (nSPS) is 15.5. The highest BCUT2D eigenvalue weighted by Gasteiger charge is 2.21. The molecule has 0 saturated heterocycles. The van der Waals surface area contributed by atoms with E-state index in [1.807, 2.05) is 0 Å². The zero-order valence-electron chi connectivity index (χ0n) is 7.84. The maximum Gasteiger partial charge on any atom is 0.126 e. The van der Waals surface area contributed by atoms with Gasteiger partial charge in [0.1, 0.15) is 5.82 Å². The van der Waals surface area contributed by atoms with Gasteiger partial charge in [-0.15, -0.1) is 0 Å². The predicted octanol–water partition coefficient (Wildman–Crippen LogP) is 1.30. The van der Waals surface area contributed by atoms with Crippen molar-refractivity contribution in [3.63, 3.8) is 0 Å². The Labute approximate surface area is 77.2 Å². The molecule has 72 valence electrons. The highest BCUT2D eigenvalue weighted by atomic mass is 19.1. The summed E-state index contributed by atoms with van der Waals surface area (Å²) in [5.74, 6) is -0.314. The number of aryl methyl sites for hydroxylation is 1. The summed E-state index contributed by atoms with van der Waals surface area (Å²) in [6, 6.07) is 4.64. The van der Waals surface area contributed by atoms with E-state index in [0.29, 0.717) is 11.1 Å². The molecule has 0 amide bonds. The zero-order chi connectivity index (χ0) is 10.1. The molecule has 1 unspecified atom stereocenters. The predicted molar refractivity (Wildman–Crippen MR) is 49.8 cm³/mol. The SMILES string of the molecule is Cc1ccc(C(C)(O)CN)cc1F. The highest BCUT2D eigenvalue weighted by Crippen LogP contribution is 2.21. The Hall–Kier alpha value is -0.930.